The average molecular weight is 227 g/mol. The number of nitrogens with one attached hydrogen (secondary N) is 2. The molecule has 0 aliphatic carbocycles. The van der Waals surface area contributed by atoms with E-state index in [9.17, 15) is 9.90 Å². The molecule has 0 aromatic rings. The van der Waals surface area contributed by atoms with E-state index in [-0.39, 0.29) is 25.1 Å². The van der Waals surface area contributed by atoms with Gasteiger partial charge in [0.15, 0.2) is 0 Å². The van der Waals surface area contributed by atoms with Crippen molar-refractivity contribution in [3.8, 4) is 6.07 Å². The van der Waals surface area contributed by atoms with Crippen LogP contribution in [-0.4, -0.2) is 49.0 Å². The van der Waals surface area contributed by atoms with Crippen LogP contribution >= 0.6 is 0 Å². The van der Waals surface area contributed by atoms with Gasteiger partial charge in [-0.15, -0.1) is 0 Å². The molecule has 1 aliphatic heterocycles. The number of aliphatic hydroxyl groups is 1. The van der Waals surface area contributed by atoms with Crippen molar-refractivity contribution in [2.24, 2.45) is 0 Å². The predicted molar refractivity (Wildman–Crippen MR) is 56.5 cm³/mol. The number of amides is 1. The van der Waals surface area contributed by atoms with Crippen LogP contribution in [0.3, 0.4) is 0 Å². The van der Waals surface area contributed by atoms with E-state index in [1.54, 1.807) is 0 Å². The first kappa shape index (κ1) is 12.9. The Morgan fingerprint density at radius 1 is 1.75 bits per heavy atom. The molecule has 1 saturated heterocycles. The summed E-state index contributed by atoms with van der Waals surface area (Å²) in [7, 11) is 0. The second-order valence-corrected chi connectivity index (χ2v) is 3.90. The fraction of sp³-hybridized carbons (Fsp3) is 0.800. The summed E-state index contributed by atoms with van der Waals surface area (Å²) in [5.74, 6) is -0.253. The van der Waals surface area contributed by atoms with Crippen molar-refractivity contribution < 1.29 is 14.6 Å². The summed E-state index contributed by atoms with van der Waals surface area (Å²) in [5, 5.41) is 23.6. The van der Waals surface area contributed by atoms with E-state index < -0.39 is 5.60 Å². The first-order valence-corrected chi connectivity index (χ1v) is 5.27. The van der Waals surface area contributed by atoms with E-state index in [1.165, 1.54) is 0 Å². The van der Waals surface area contributed by atoms with E-state index in [0.29, 0.717) is 19.6 Å². The average Bonchev–Trinajstić information content (AvgIpc) is 2.57. The maximum atomic E-state index is 11.1. The fourth-order valence-corrected chi connectivity index (χ4v) is 1.60. The van der Waals surface area contributed by atoms with Crippen molar-refractivity contribution in [3.63, 3.8) is 0 Å². The largest absolute Gasteiger partial charge is 0.386 e. The van der Waals surface area contributed by atoms with Crippen LogP contribution in [-0.2, 0) is 9.53 Å². The third kappa shape index (κ3) is 3.45. The summed E-state index contributed by atoms with van der Waals surface area (Å²) < 4.78 is 5.26. The van der Waals surface area contributed by atoms with Gasteiger partial charge in [0.1, 0.15) is 12.1 Å². The number of nitriles is 1. The molecule has 0 radical (unpaired) electrons. The molecule has 90 valence electrons. The lowest BCUT2D eigenvalue weighted by molar-refractivity contribution is -0.120. The molecule has 1 heterocycles. The molecule has 16 heavy (non-hydrogen) atoms. The Hall–Kier alpha value is -1.16. The number of rotatable bonds is 5. The fourth-order valence-electron chi connectivity index (χ4n) is 1.60. The number of carbonyl (C=O) groups excluding carboxylic acids is 1. The third-order valence-electron chi connectivity index (χ3n) is 2.74. The molecule has 0 saturated carbocycles. The van der Waals surface area contributed by atoms with Crippen molar-refractivity contribution in [3.05, 3.63) is 0 Å². The Morgan fingerprint density at radius 3 is 3.06 bits per heavy atom. The molecule has 0 aromatic heterocycles. The van der Waals surface area contributed by atoms with Gasteiger partial charge in [0, 0.05) is 19.6 Å². The maximum Gasteiger partial charge on any atom is 0.234 e. The van der Waals surface area contributed by atoms with Crippen LogP contribution < -0.4 is 10.6 Å². The van der Waals surface area contributed by atoms with Crippen LogP contribution in [0.4, 0.5) is 0 Å². The monoisotopic (exact) mass is 227 g/mol. The molecule has 6 heteroatoms. The Bertz CT molecular complexity index is 290. The zero-order valence-electron chi connectivity index (χ0n) is 9.32. The van der Waals surface area contributed by atoms with Crippen LogP contribution in [0.15, 0.2) is 0 Å². The third-order valence-corrected chi connectivity index (χ3v) is 2.74. The minimum absolute atomic E-state index is 0.00426. The quantitative estimate of drug-likeness (QED) is 0.510. The molecule has 3 N–H and O–H groups in total. The highest BCUT2D eigenvalue weighted by Gasteiger charge is 2.39. The Kier molecular flexibility index (Phi) is 4.68. The van der Waals surface area contributed by atoms with Crippen LogP contribution in [0, 0.1) is 11.3 Å². The highest BCUT2D eigenvalue weighted by Crippen LogP contribution is 2.24. The van der Waals surface area contributed by atoms with Crippen LogP contribution in [0.2, 0.25) is 0 Å². The number of carbonyl (C=O) groups is 1. The number of nitrogens with zero attached hydrogens (tertiary/aromatic N) is 1. The van der Waals surface area contributed by atoms with Crippen molar-refractivity contribution in [2.45, 2.75) is 25.0 Å². The number of hydrogen-bond donors (Lipinski definition) is 3. The second kappa shape index (κ2) is 5.80. The lowest BCUT2D eigenvalue weighted by atomic mass is 9.97. The molecule has 2 unspecified atom stereocenters. The molecule has 0 spiro atoms. The molecule has 1 rings (SSSR count). The number of ether oxygens (including phenoxy) is 1. The van der Waals surface area contributed by atoms with E-state index >= 15 is 0 Å². The van der Waals surface area contributed by atoms with E-state index in [1.807, 2.05) is 13.0 Å². The molecule has 1 amide bonds. The van der Waals surface area contributed by atoms with Crippen LogP contribution in [0.5, 0.6) is 0 Å². The SMILES string of the molecule is CC1OCCC1(O)CNCC(=O)NCC#N. The smallest absolute Gasteiger partial charge is 0.234 e. The normalized spacial score (nSPS) is 28.7. The second-order valence-electron chi connectivity index (χ2n) is 3.90. The van der Waals surface area contributed by atoms with Crippen LogP contribution in [0.25, 0.3) is 0 Å². The van der Waals surface area contributed by atoms with E-state index in [2.05, 4.69) is 10.6 Å². The first-order valence-electron chi connectivity index (χ1n) is 5.27. The lowest BCUT2D eigenvalue weighted by Gasteiger charge is -2.26. The Balaban J connectivity index is 2.20. The van der Waals surface area contributed by atoms with E-state index in [0.717, 1.165) is 0 Å². The number of hydrogen-bond acceptors (Lipinski definition) is 5. The lowest BCUT2D eigenvalue weighted by Crippen LogP contribution is -2.48. The minimum Gasteiger partial charge on any atom is -0.386 e. The first-order chi connectivity index (χ1) is 7.58. The Labute approximate surface area is 94.6 Å². The van der Waals surface area contributed by atoms with Gasteiger partial charge in [-0.05, 0) is 6.92 Å². The van der Waals surface area contributed by atoms with Crippen molar-refractivity contribution in [1.29, 1.82) is 5.26 Å². The zero-order valence-corrected chi connectivity index (χ0v) is 9.32. The summed E-state index contributed by atoms with van der Waals surface area (Å²) in [4.78, 5) is 11.1. The minimum atomic E-state index is -0.893. The maximum absolute atomic E-state index is 11.1. The molecule has 6 nitrogen and oxygen atoms in total. The highest BCUT2D eigenvalue weighted by molar-refractivity contribution is 5.78. The van der Waals surface area contributed by atoms with Gasteiger partial charge in [-0.25, -0.2) is 0 Å². The summed E-state index contributed by atoms with van der Waals surface area (Å²) in [6.45, 7) is 2.76. The standard InChI is InChI=1S/C10H17N3O3/c1-8-10(15,2-5-16-8)7-12-6-9(14)13-4-3-11/h8,12,15H,2,4-7H2,1H3,(H,13,14). The zero-order chi connectivity index (χ0) is 12.0. The summed E-state index contributed by atoms with van der Waals surface area (Å²) in [6.07, 6.45) is 0.350. The van der Waals surface area contributed by atoms with Gasteiger partial charge in [0.05, 0.1) is 18.7 Å². The molecular formula is C10H17N3O3. The van der Waals surface area contributed by atoms with Gasteiger partial charge in [0.25, 0.3) is 0 Å². The topological polar surface area (TPSA) is 94.4 Å². The Morgan fingerprint density at radius 2 is 2.50 bits per heavy atom. The van der Waals surface area contributed by atoms with Gasteiger partial charge in [0.2, 0.25) is 5.91 Å². The van der Waals surface area contributed by atoms with Gasteiger partial charge >= 0.3 is 0 Å². The molecule has 1 aliphatic rings. The van der Waals surface area contributed by atoms with Crippen LogP contribution in [0.1, 0.15) is 13.3 Å². The predicted octanol–water partition coefficient (Wildman–Crippen LogP) is -1.24. The van der Waals surface area contributed by atoms with Gasteiger partial charge in [-0.3, -0.25) is 4.79 Å². The summed E-state index contributed by atoms with van der Waals surface area (Å²) in [6, 6.07) is 1.82. The van der Waals surface area contributed by atoms with Gasteiger partial charge in [-0.2, -0.15) is 5.26 Å². The molecule has 2 atom stereocenters. The molecule has 1 fully saturated rings. The molecule has 0 aromatic carbocycles. The highest BCUT2D eigenvalue weighted by atomic mass is 16.5. The summed E-state index contributed by atoms with van der Waals surface area (Å²) in [5.41, 5.74) is -0.893. The van der Waals surface area contributed by atoms with Gasteiger partial charge < -0.3 is 20.5 Å². The summed E-state index contributed by atoms with van der Waals surface area (Å²) >= 11 is 0. The van der Waals surface area contributed by atoms with E-state index in [4.69, 9.17) is 10.00 Å². The van der Waals surface area contributed by atoms with Crippen molar-refractivity contribution in [1.82, 2.24) is 10.6 Å². The van der Waals surface area contributed by atoms with Gasteiger partial charge in [-0.1, -0.05) is 0 Å². The van der Waals surface area contributed by atoms with Crippen molar-refractivity contribution in [2.75, 3.05) is 26.2 Å². The molecular weight excluding hydrogens is 210 g/mol. The van der Waals surface area contributed by atoms with Crippen molar-refractivity contribution >= 4 is 5.91 Å². The molecule has 0 bridgehead atoms.